The standard InChI is InChI=1S/C14H12BrS.C5H5.2ClH.Zr/c1-7-4-10-6-12-13(8(2)9(3)16-12)14(15)11(10)5-7;1-2-4-5-3-1;;;/h4-6H,1-3H3;1-3H,4H2;2*1H;/q2*-1;;;+4/p-2. The van der Waals surface area contributed by atoms with Gasteiger partial charge in [-0.3, -0.25) is 17.4 Å². The number of thiophene rings is 1. The topological polar surface area (TPSA) is 0 Å². The van der Waals surface area contributed by atoms with Crippen LogP contribution < -0.4 is 24.8 Å². The molecule has 24 heavy (non-hydrogen) atoms. The molecule has 1 heterocycles. The van der Waals surface area contributed by atoms with Gasteiger partial charge in [-0.2, -0.15) is 6.08 Å². The van der Waals surface area contributed by atoms with Gasteiger partial charge in [-0.25, -0.2) is 12.2 Å². The van der Waals surface area contributed by atoms with Crippen molar-refractivity contribution in [3.05, 3.63) is 63.0 Å². The summed E-state index contributed by atoms with van der Waals surface area (Å²) in [4.78, 5) is 1.42. The molecule has 0 saturated heterocycles. The summed E-state index contributed by atoms with van der Waals surface area (Å²) < 4.78 is 2.65. The van der Waals surface area contributed by atoms with Crippen molar-refractivity contribution >= 4 is 48.1 Å². The second-order valence-electron chi connectivity index (χ2n) is 5.39. The fraction of sp³-hybridized carbons (Fsp3) is 0.211. The molecule has 0 radical (unpaired) electrons. The molecule has 4 rings (SSSR count). The van der Waals surface area contributed by atoms with Crippen molar-refractivity contribution in [2.24, 2.45) is 0 Å². The van der Waals surface area contributed by atoms with Crippen LogP contribution in [0.1, 0.15) is 22.4 Å². The Morgan fingerprint density at radius 3 is 2.42 bits per heavy atom. The second kappa shape index (κ2) is 10.4. The third-order valence-corrected chi connectivity index (χ3v) is 5.79. The van der Waals surface area contributed by atoms with Crippen LogP contribution in [0.3, 0.4) is 0 Å². The smallest absolute Gasteiger partial charge is 1.00 e. The van der Waals surface area contributed by atoms with E-state index >= 15 is 0 Å². The monoisotopic (exact) mass is 516 g/mol. The zero-order valence-corrected chi connectivity index (χ0v) is 20.1. The van der Waals surface area contributed by atoms with Gasteiger partial charge in [0.1, 0.15) is 0 Å². The van der Waals surface area contributed by atoms with Crippen LogP contribution >= 0.6 is 27.3 Å². The number of benzene rings is 1. The van der Waals surface area contributed by atoms with Gasteiger partial charge in [-0.05, 0) is 27.7 Å². The summed E-state index contributed by atoms with van der Waals surface area (Å²) in [5.41, 5.74) is 2.75. The number of hydrogen-bond donors (Lipinski definition) is 0. The van der Waals surface area contributed by atoms with Gasteiger partial charge < -0.3 is 24.8 Å². The van der Waals surface area contributed by atoms with E-state index in [-0.39, 0.29) is 51.0 Å². The molecule has 0 saturated carbocycles. The average molecular weight is 519 g/mol. The van der Waals surface area contributed by atoms with E-state index in [1.54, 1.807) is 0 Å². The van der Waals surface area contributed by atoms with Gasteiger partial charge in [-0.15, -0.1) is 33.0 Å². The predicted octanol–water partition coefficient (Wildman–Crippen LogP) is 0.772. The summed E-state index contributed by atoms with van der Waals surface area (Å²) in [7, 11) is 0. The largest absolute Gasteiger partial charge is 4.00 e. The van der Waals surface area contributed by atoms with Crippen LogP contribution in [0.5, 0.6) is 0 Å². The summed E-state index contributed by atoms with van der Waals surface area (Å²) in [6.07, 6.45) is 10.0. The quantitative estimate of drug-likeness (QED) is 0.386. The summed E-state index contributed by atoms with van der Waals surface area (Å²) in [5, 5.41) is 4.07. The van der Waals surface area contributed by atoms with Crippen molar-refractivity contribution < 1.29 is 51.0 Å². The average Bonchev–Trinajstić information content (AvgIpc) is 3.14. The van der Waals surface area contributed by atoms with Gasteiger partial charge in [0, 0.05) is 0 Å². The SMILES string of the molecule is Cc1cc2cc3s[c-](C)c(C)c3c(Br)c2c1.[C-]1=CC=CC1.[Cl-].[Cl-].[Zr+4]. The van der Waals surface area contributed by atoms with Crippen LogP contribution in [0.25, 0.3) is 20.9 Å². The van der Waals surface area contributed by atoms with Crippen molar-refractivity contribution in [3.8, 4) is 0 Å². The number of fused-ring (bicyclic) bond motifs is 2. The minimum Gasteiger partial charge on any atom is -1.00 e. The Morgan fingerprint density at radius 1 is 1.17 bits per heavy atom. The zero-order chi connectivity index (χ0) is 15.0. The maximum absolute atomic E-state index is 3.77. The molecule has 5 heteroatoms. The molecule has 1 aliphatic carbocycles. The number of halogens is 3. The van der Waals surface area contributed by atoms with Gasteiger partial charge in [-0.1, -0.05) is 41.9 Å². The Hall–Kier alpha value is 0.213. The molecule has 2 aromatic carbocycles. The van der Waals surface area contributed by atoms with Crippen molar-refractivity contribution in [2.75, 3.05) is 0 Å². The van der Waals surface area contributed by atoms with Gasteiger partial charge in [0.25, 0.3) is 0 Å². The third-order valence-electron chi connectivity index (χ3n) is 3.81. The fourth-order valence-corrected chi connectivity index (χ4v) is 4.74. The minimum absolute atomic E-state index is 0. The molecule has 1 aliphatic rings. The molecule has 0 atom stereocenters. The predicted molar refractivity (Wildman–Crippen MR) is 98.4 cm³/mol. The van der Waals surface area contributed by atoms with E-state index in [1.807, 2.05) is 23.5 Å². The molecule has 0 amide bonds. The third kappa shape index (κ3) is 4.89. The zero-order valence-electron chi connectivity index (χ0n) is 13.7. The molecule has 0 N–H and O–H groups in total. The molecular weight excluding hydrogens is 502 g/mol. The molecule has 0 aliphatic heterocycles. The Morgan fingerprint density at radius 2 is 1.88 bits per heavy atom. The van der Waals surface area contributed by atoms with Crippen LogP contribution in [0.15, 0.2) is 40.9 Å². The van der Waals surface area contributed by atoms with Gasteiger partial charge in [0.2, 0.25) is 0 Å². The van der Waals surface area contributed by atoms with Crippen molar-refractivity contribution in [2.45, 2.75) is 27.2 Å². The molecule has 0 nitrogen and oxygen atoms in total. The Bertz CT molecular complexity index is 865. The number of hydrogen-bond acceptors (Lipinski definition) is 1. The summed E-state index contributed by atoms with van der Waals surface area (Å²) in [6, 6.07) is 6.82. The maximum Gasteiger partial charge on any atom is 4.00 e. The number of allylic oxidation sites excluding steroid dienone is 4. The molecule has 0 bridgehead atoms. The first-order chi connectivity index (χ1) is 10.1. The van der Waals surface area contributed by atoms with Crippen LogP contribution in [-0.4, -0.2) is 0 Å². The Labute approximate surface area is 187 Å². The molecular formula is C19H17BrCl2SZr. The van der Waals surface area contributed by atoms with E-state index in [0.29, 0.717) is 0 Å². The van der Waals surface area contributed by atoms with Crippen molar-refractivity contribution in [3.63, 3.8) is 0 Å². The van der Waals surface area contributed by atoms with Gasteiger partial charge in [0.05, 0.1) is 0 Å². The fourth-order valence-electron chi connectivity index (χ4n) is 2.63. The van der Waals surface area contributed by atoms with Crippen molar-refractivity contribution in [1.29, 1.82) is 0 Å². The summed E-state index contributed by atoms with van der Waals surface area (Å²) in [6.45, 7) is 6.56. The number of aryl methyl sites for hydroxylation is 3. The molecule has 0 unspecified atom stereocenters. The first-order valence-corrected chi connectivity index (χ1v) is 8.66. The van der Waals surface area contributed by atoms with E-state index in [0.717, 1.165) is 6.42 Å². The van der Waals surface area contributed by atoms with E-state index < -0.39 is 0 Å². The maximum atomic E-state index is 3.77. The van der Waals surface area contributed by atoms with E-state index in [1.165, 1.54) is 41.3 Å². The number of rotatable bonds is 0. The van der Waals surface area contributed by atoms with Gasteiger partial charge in [0.15, 0.2) is 0 Å². The first kappa shape index (κ1) is 24.2. The van der Waals surface area contributed by atoms with Crippen LogP contribution in [0.2, 0.25) is 0 Å². The minimum atomic E-state index is 0. The molecule has 3 aromatic rings. The van der Waals surface area contributed by atoms with Crippen molar-refractivity contribution in [1.82, 2.24) is 0 Å². The van der Waals surface area contributed by atoms with Crippen LogP contribution in [-0.2, 0) is 26.2 Å². The Balaban J connectivity index is 0.000000578. The second-order valence-corrected chi connectivity index (χ2v) is 7.43. The van der Waals surface area contributed by atoms with Crippen LogP contribution in [0.4, 0.5) is 0 Å². The normalized spacial score (nSPS) is 11.5. The molecule has 0 fully saturated rings. The summed E-state index contributed by atoms with van der Waals surface area (Å²) in [5.74, 6) is 0. The van der Waals surface area contributed by atoms with E-state index in [2.05, 4.69) is 67.1 Å². The first-order valence-electron chi connectivity index (χ1n) is 7.05. The van der Waals surface area contributed by atoms with Crippen LogP contribution in [0, 0.1) is 26.8 Å². The van der Waals surface area contributed by atoms with E-state index in [9.17, 15) is 0 Å². The van der Waals surface area contributed by atoms with E-state index in [4.69, 9.17) is 0 Å². The summed E-state index contributed by atoms with van der Waals surface area (Å²) >= 11 is 5.65. The molecule has 124 valence electrons. The molecule has 0 spiro atoms. The Kier molecular flexibility index (Phi) is 10.5. The molecule has 1 aromatic heterocycles. The van der Waals surface area contributed by atoms with Gasteiger partial charge >= 0.3 is 26.2 Å².